The molecule has 1 aliphatic rings. The summed E-state index contributed by atoms with van der Waals surface area (Å²) >= 11 is 0. The van der Waals surface area contributed by atoms with Crippen LogP contribution in [0.4, 0.5) is 4.79 Å². The summed E-state index contributed by atoms with van der Waals surface area (Å²) in [4.78, 5) is 35.3. The Hall–Kier alpha value is -2.81. The monoisotopic (exact) mass is 416 g/mol. The molecule has 2 heterocycles. The zero-order valence-corrected chi connectivity index (χ0v) is 17.7. The molecule has 1 N–H and O–H groups in total. The molecule has 29 heavy (non-hydrogen) atoms. The van der Waals surface area contributed by atoms with Gasteiger partial charge in [-0.25, -0.2) is 14.8 Å². The maximum Gasteiger partial charge on any atom is 0.410 e. The lowest BCUT2D eigenvalue weighted by molar-refractivity contribution is 0.0240. The van der Waals surface area contributed by atoms with E-state index in [0.717, 1.165) is 16.0 Å². The molecule has 8 nitrogen and oxygen atoms in total. The highest BCUT2D eigenvalue weighted by Crippen LogP contribution is 2.22. The molecule has 1 aromatic carbocycles. The van der Waals surface area contributed by atoms with E-state index < -0.39 is 28.4 Å². The molecule has 0 fully saturated rings. The van der Waals surface area contributed by atoms with E-state index in [1.807, 2.05) is 32.9 Å². The number of nitrogens with zero attached hydrogens (tertiary/aromatic N) is 3. The highest BCUT2D eigenvalue weighted by atomic mass is 32.2. The van der Waals surface area contributed by atoms with E-state index >= 15 is 0 Å². The van der Waals surface area contributed by atoms with Crippen molar-refractivity contribution in [3.63, 3.8) is 0 Å². The summed E-state index contributed by atoms with van der Waals surface area (Å²) in [5, 5.41) is 2.78. The minimum atomic E-state index is -1.04. The first-order chi connectivity index (χ1) is 13.6. The lowest BCUT2D eigenvalue weighted by Crippen LogP contribution is -2.33. The molecule has 1 aromatic heterocycles. The van der Waals surface area contributed by atoms with Gasteiger partial charge in [0.05, 0.1) is 18.8 Å². The number of aromatic nitrogens is 2. The Labute approximate surface area is 172 Å². The van der Waals surface area contributed by atoms with E-state index in [9.17, 15) is 13.8 Å². The maximum atomic E-state index is 12.4. The zero-order chi connectivity index (χ0) is 21.2. The molecule has 154 valence electrons. The lowest BCUT2D eigenvalue weighted by atomic mass is 10.2. The highest BCUT2D eigenvalue weighted by molar-refractivity contribution is 7.84. The Morgan fingerprint density at radius 3 is 2.52 bits per heavy atom. The van der Waals surface area contributed by atoms with Gasteiger partial charge in [-0.2, -0.15) is 0 Å². The fourth-order valence-electron chi connectivity index (χ4n) is 2.78. The second-order valence-corrected chi connectivity index (χ2v) is 9.16. The van der Waals surface area contributed by atoms with Gasteiger partial charge >= 0.3 is 6.09 Å². The molecule has 0 radical (unpaired) electrons. The topological polar surface area (TPSA) is 101 Å². The standard InChI is InChI=1S/C20H24N4O4S/c1-20(2,3)28-19(26)24-11-14-10-21-17(23-16(14)12-24)18(25)22-9-13-5-7-15(8-6-13)29(4)27/h5-8,10H,9,11-12H2,1-4H3,(H,22,25). The predicted octanol–water partition coefficient (Wildman–Crippen LogP) is 2.39. The van der Waals surface area contributed by atoms with E-state index in [0.29, 0.717) is 18.8 Å². The third kappa shape index (κ3) is 5.38. The first-order valence-corrected chi connectivity index (χ1v) is 10.7. The summed E-state index contributed by atoms with van der Waals surface area (Å²) in [7, 11) is -1.04. The molecule has 1 atom stereocenters. The smallest absolute Gasteiger partial charge is 0.410 e. The Balaban J connectivity index is 1.60. The Morgan fingerprint density at radius 1 is 1.21 bits per heavy atom. The van der Waals surface area contributed by atoms with E-state index in [-0.39, 0.29) is 12.4 Å². The number of carbonyl (C=O) groups excluding carboxylic acids is 2. The number of hydrogen-bond acceptors (Lipinski definition) is 6. The molecule has 1 unspecified atom stereocenters. The van der Waals surface area contributed by atoms with Crippen molar-refractivity contribution in [1.29, 1.82) is 0 Å². The Kier molecular flexibility index (Phi) is 5.97. The van der Waals surface area contributed by atoms with Gasteiger partial charge in [-0.3, -0.25) is 13.9 Å². The van der Waals surface area contributed by atoms with Crippen molar-refractivity contribution in [1.82, 2.24) is 20.2 Å². The van der Waals surface area contributed by atoms with Crippen molar-refractivity contribution in [3.8, 4) is 0 Å². The fourth-order valence-corrected chi connectivity index (χ4v) is 3.30. The number of hydrogen-bond donors (Lipinski definition) is 1. The minimum absolute atomic E-state index is 0.0565. The van der Waals surface area contributed by atoms with Gasteiger partial charge in [-0.15, -0.1) is 0 Å². The number of benzene rings is 1. The van der Waals surface area contributed by atoms with Crippen LogP contribution in [0.5, 0.6) is 0 Å². The normalized spacial score (nSPS) is 14.3. The van der Waals surface area contributed by atoms with Crippen LogP contribution in [-0.4, -0.2) is 42.9 Å². The predicted molar refractivity (Wildman–Crippen MR) is 107 cm³/mol. The van der Waals surface area contributed by atoms with Crippen LogP contribution in [0.25, 0.3) is 0 Å². The van der Waals surface area contributed by atoms with Crippen molar-refractivity contribution in [2.45, 2.75) is 50.9 Å². The number of nitrogens with one attached hydrogen (secondary N) is 1. The molecule has 0 saturated carbocycles. The molecule has 9 heteroatoms. The largest absolute Gasteiger partial charge is 0.444 e. The first kappa shape index (κ1) is 20.9. The van der Waals surface area contributed by atoms with E-state index in [1.54, 1.807) is 24.6 Å². The third-order valence-corrected chi connectivity index (χ3v) is 5.16. The lowest BCUT2D eigenvalue weighted by Gasteiger charge is -2.23. The molecule has 0 bridgehead atoms. The molecular formula is C20H24N4O4S. The number of rotatable bonds is 4. The zero-order valence-electron chi connectivity index (χ0n) is 16.9. The molecule has 3 rings (SSSR count). The van der Waals surface area contributed by atoms with Crippen molar-refractivity contribution >= 4 is 22.8 Å². The summed E-state index contributed by atoms with van der Waals surface area (Å²) in [6.45, 7) is 6.38. The molecule has 0 aliphatic carbocycles. The van der Waals surface area contributed by atoms with Crippen LogP contribution in [0.2, 0.25) is 0 Å². The fraction of sp³-hybridized carbons (Fsp3) is 0.400. The Bertz CT molecular complexity index is 954. The van der Waals surface area contributed by atoms with Gasteiger partial charge < -0.3 is 10.1 Å². The number of carbonyl (C=O) groups is 2. The molecular weight excluding hydrogens is 392 g/mol. The van der Waals surface area contributed by atoms with E-state index in [4.69, 9.17) is 4.74 Å². The van der Waals surface area contributed by atoms with Gasteiger partial charge in [0.15, 0.2) is 0 Å². The van der Waals surface area contributed by atoms with Crippen LogP contribution in [0.3, 0.4) is 0 Å². The molecule has 2 amide bonds. The molecule has 1 aliphatic heterocycles. The third-order valence-electron chi connectivity index (χ3n) is 4.22. The number of fused-ring (bicyclic) bond motifs is 1. The SMILES string of the molecule is CS(=O)c1ccc(CNC(=O)c2ncc3c(n2)CN(C(=O)OC(C)(C)C)C3)cc1. The molecule has 0 saturated heterocycles. The summed E-state index contributed by atoms with van der Waals surface area (Å²) in [6.07, 6.45) is 2.77. The van der Waals surface area contributed by atoms with Crippen LogP contribution >= 0.6 is 0 Å². The van der Waals surface area contributed by atoms with Gasteiger partial charge in [0.25, 0.3) is 5.91 Å². The van der Waals surface area contributed by atoms with Gasteiger partial charge in [0.2, 0.25) is 5.82 Å². The van der Waals surface area contributed by atoms with Crippen molar-refractivity contribution in [3.05, 3.63) is 53.1 Å². The second kappa shape index (κ2) is 8.28. The number of ether oxygens (including phenoxy) is 1. The van der Waals surface area contributed by atoms with Crippen LogP contribution in [0.1, 0.15) is 48.2 Å². The Morgan fingerprint density at radius 2 is 1.90 bits per heavy atom. The molecule has 0 spiro atoms. The van der Waals surface area contributed by atoms with Gasteiger partial charge in [0, 0.05) is 40.3 Å². The van der Waals surface area contributed by atoms with Crippen molar-refractivity contribution in [2.24, 2.45) is 0 Å². The van der Waals surface area contributed by atoms with E-state index in [1.165, 1.54) is 4.90 Å². The quantitative estimate of drug-likeness (QED) is 0.821. The average molecular weight is 417 g/mol. The van der Waals surface area contributed by atoms with Crippen molar-refractivity contribution < 1.29 is 18.5 Å². The highest BCUT2D eigenvalue weighted by Gasteiger charge is 2.29. The van der Waals surface area contributed by atoms with Crippen LogP contribution < -0.4 is 5.32 Å². The summed E-state index contributed by atoms with van der Waals surface area (Å²) in [5.74, 6) is -0.340. The van der Waals surface area contributed by atoms with Gasteiger partial charge in [-0.1, -0.05) is 12.1 Å². The average Bonchev–Trinajstić information content (AvgIpc) is 3.08. The van der Waals surface area contributed by atoms with Crippen molar-refractivity contribution in [2.75, 3.05) is 6.26 Å². The van der Waals surface area contributed by atoms with Crippen LogP contribution in [-0.2, 0) is 35.2 Å². The van der Waals surface area contributed by atoms with Crippen LogP contribution in [0, 0.1) is 0 Å². The van der Waals surface area contributed by atoms with Crippen LogP contribution in [0.15, 0.2) is 35.4 Å². The minimum Gasteiger partial charge on any atom is -0.444 e. The first-order valence-electron chi connectivity index (χ1n) is 9.15. The van der Waals surface area contributed by atoms with E-state index in [2.05, 4.69) is 15.3 Å². The molecule has 2 aromatic rings. The summed E-state index contributed by atoms with van der Waals surface area (Å²) in [6, 6.07) is 7.18. The summed E-state index contributed by atoms with van der Waals surface area (Å²) in [5.41, 5.74) is 1.75. The maximum absolute atomic E-state index is 12.4. The number of amides is 2. The van der Waals surface area contributed by atoms with Gasteiger partial charge in [-0.05, 0) is 38.5 Å². The second-order valence-electron chi connectivity index (χ2n) is 7.78. The summed E-state index contributed by atoms with van der Waals surface area (Å²) < 4.78 is 16.8. The van der Waals surface area contributed by atoms with Gasteiger partial charge in [0.1, 0.15) is 5.60 Å².